The third kappa shape index (κ3) is 4.30. The van der Waals surface area contributed by atoms with Crippen LogP contribution in [0.5, 0.6) is 0 Å². The van der Waals surface area contributed by atoms with Crippen LogP contribution in [0.4, 0.5) is 14.5 Å². The zero-order valence-corrected chi connectivity index (χ0v) is 15.0. The summed E-state index contributed by atoms with van der Waals surface area (Å²) in [6, 6.07) is 4.53. The largest absolute Gasteiger partial charge is 0.336 e. The maximum Gasteiger partial charge on any atom is 0.257 e. The van der Waals surface area contributed by atoms with Crippen molar-refractivity contribution in [2.75, 3.05) is 11.9 Å². The molecule has 1 saturated heterocycles. The van der Waals surface area contributed by atoms with E-state index in [4.69, 9.17) is 0 Å². The van der Waals surface area contributed by atoms with Crippen LogP contribution < -0.4 is 5.32 Å². The van der Waals surface area contributed by atoms with E-state index in [1.54, 1.807) is 0 Å². The molecule has 0 aliphatic carbocycles. The molecule has 0 saturated carbocycles. The van der Waals surface area contributed by atoms with Crippen LogP contribution in [0.1, 0.15) is 53.3 Å². The van der Waals surface area contributed by atoms with E-state index in [1.807, 2.05) is 4.90 Å². The lowest BCUT2D eigenvalue weighted by atomic mass is 9.99. The summed E-state index contributed by atoms with van der Waals surface area (Å²) in [7, 11) is 0. The van der Waals surface area contributed by atoms with Crippen molar-refractivity contribution >= 4 is 17.5 Å². The van der Waals surface area contributed by atoms with E-state index in [0.29, 0.717) is 18.2 Å². The van der Waals surface area contributed by atoms with Gasteiger partial charge in [-0.25, -0.2) is 8.78 Å². The van der Waals surface area contributed by atoms with Crippen molar-refractivity contribution in [1.82, 2.24) is 9.88 Å². The lowest BCUT2D eigenvalue weighted by Gasteiger charge is -2.35. The summed E-state index contributed by atoms with van der Waals surface area (Å²) in [5.74, 6) is -2.38. The molecule has 5 nitrogen and oxygen atoms in total. The van der Waals surface area contributed by atoms with Crippen LogP contribution in [-0.2, 0) is 0 Å². The number of nitrogens with one attached hydrogen (secondary N) is 1. The van der Waals surface area contributed by atoms with Crippen LogP contribution in [-0.4, -0.2) is 34.3 Å². The topological polar surface area (TPSA) is 62.3 Å². The molecule has 7 heteroatoms. The number of hydrogen-bond donors (Lipinski definition) is 1. The third-order valence-electron chi connectivity index (χ3n) is 4.79. The first-order valence-corrected chi connectivity index (χ1v) is 9.02. The van der Waals surface area contributed by atoms with Gasteiger partial charge < -0.3 is 10.2 Å². The minimum Gasteiger partial charge on any atom is -0.336 e. The number of pyridine rings is 1. The van der Waals surface area contributed by atoms with Crippen LogP contribution in [0.3, 0.4) is 0 Å². The Balaban J connectivity index is 1.78. The Morgan fingerprint density at radius 1 is 1.19 bits per heavy atom. The molecule has 27 heavy (non-hydrogen) atoms. The molecule has 1 aromatic heterocycles. The molecule has 0 bridgehead atoms. The summed E-state index contributed by atoms with van der Waals surface area (Å²) in [4.78, 5) is 31.1. The fraction of sp³-hybridized carbons (Fsp3) is 0.350. The number of rotatable bonds is 4. The van der Waals surface area contributed by atoms with Gasteiger partial charge in [-0.05, 0) is 43.9 Å². The number of anilines is 1. The van der Waals surface area contributed by atoms with E-state index in [0.717, 1.165) is 37.8 Å². The third-order valence-corrected chi connectivity index (χ3v) is 4.79. The lowest BCUT2D eigenvalue weighted by Crippen LogP contribution is -2.43. The standard InChI is InChI=1S/C20H21F2N3O2/c1-2-16-5-3-4-8-25(16)20(27)14-9-13(11-23-12-14)19(26)24-18-7-6-15(21)10-17(18)22/h6-7,9-12,16H,2-5,8H2,1H3,(H,24,26). The van der Waals surface area contributed by atoms with Gasteiger partial charge in [0.05, 0.1) is 16.8 Å². The van der Waals surface area contributed by atoms with Crippen LogP contribution >= 0.6 is 0 Å². The van der Waals surface area contributed by atoms with Gasteiger partial charge in [-0.2, -0.15) is 0 Å². The molecule has 1 unspecified atom stereocenters. The SMILES string of the molecule is CCC1CCCCN1C(=O)c1cncc(C(=O)Nc2ccc(F)cc2F)c1. The second-order valence-electron chi connectivity index (χ2n) is 6.60. The Morgan fingerprint density at radius 2 is 1.96 bits per heavy atom. The molecule has 1 aliphatic heterocycles. The Bertz CT molecular complexity index is 857. The minimum absolute atomic E-state index is 0.134. The number of halogens is 2. The zero-order valence-electron chi connectivity index (χ0n) is 15.0. The van der Waals surface area contributed by atoms with Crippen molar-refractivity contribution < 1.29 is 18.4 Å². The number of carbonyl (C=O) groups is 2. The van der Waals surface area contributed by atoms with Crippen molar-refractivity contribution in [3.63, 3.8) is 0 Å². The van der Waals surface area contributed by atoms with Crippen molar-refractivity contribution in [3.8, 4) is 0 Å². The summed E-state index contributed by atoms with van der Waals surface area (Å²) in [6.07, 6.45) is 6.65. The Morgan fingerprint density at radius 3 is 2.70 bits per heavy atom. The van der Waals surface area contributed by atoms with E-state index in [1.165, 1.54) is 18.5 Å². The van der Waals surface area contributed by atoms with Crippen molar-refractivity contribution in [2.24, 2.45) is 0 Å². The minimum atomic E-state index is -0.873. The molecule has 2 aromatic rings. The van der Waals surface area contributed by atoms with Gasteiger partial charge in [0.2, 0.25) is 0 Å². The maximum absolute atomic E-state index is 13.7. The first-order valence-electron chi connectivity index (χ1n) is 9.02. The van der Waals surface area contributed by atoms with Crippen LogP contribution in [0.2, 0.25) is 0 Å². The number of benzene rings is 1. The molecule has 1 aromatic carbocycles. The molecule has 1 aliphatic rings. The Kier molecular flexibility index (Phi) is 5.78. The van der Waals surface area contributed by atoms with E-state index in [9.17, 15) is 18.4 Å². The number of nitrogens with zero attached hydrogens (tertiary/aromatic N) is 2. The predicted molar refractivity (Wildman–Crippen MR) is 97.5 cm³/mol. The van der Waals surface area contributed by atoms with Gasteiger partial charge in [0.1, 0.15) is 11.6 Å². The zero-order chi connectivity index (χ0) is 19.4. The maximum atomic E-state index is 13.7. The number of piperidine rings is 1. The fourth-order valence-electron chi connectivity index (χ4n) is 3.32. The van der Waals surface area contributed by atoms with Gasteiger partial charge >= 0.3 is 0 Å². The summed E-state index contributed by atoms with van der Waals surface area (Å²) in [5.41, 5.74) is 0.317. The molecular formula is C20H21F2N3O2. The van der Waals surface area contributed by atoms with Crippen LogP contribution in [0.15, 0.2) is 36.7 Å². The second-order valence-corrected chi connectivity index (χ2v) is 6.60. The summed E-state index contributed by atoms with van der Waals surface area (Å²) in [5, 5.41) is 2.37. The molecule has 0 spiro atoms. The molecule has 1 fully saturated rings. The van der Waals surface area contributed by atoms with Crippen molar-refractivity contribution in [1.29, 1.82) is 0 Å². The molecule has 2 heterocycles. The number of hydrogen-bond acceptors (Lipinski definition) is 3. The molecule has 0 radical (unpaired) electrons. The fourth-order valence-corrected chi connectivity index (χ4v) is 3.32. The molecular weight excluding hydrogens is 352 g/mol. The van der Waals surface area contributed by atoms with Gasteiger partial charge in [0.25, 0.3) is 11.8 Å². The second kappa shape index (κ2) is 8.24. The lowest BCUT2D eigenvalue weighted by molar-refractivity contribution is 0.0607. The monoisotopic (exact) mass is 373 g/mol. The van der Waals surface area contributed by atoms with E-state index in [-0.39, 0.29) is 23.2 Å². The van der Waals surface area contributed by atoms with Gasteiger partial charge in [-0.15, -0.1) is 0 Å². The predicted octanol–water partition coefficient (Wildman–Crippen LogP) is 4.02. The van der Waals surface area contributed by atoms with E-state index in [2.05, 4.69) is 17.2 Å². The number of carbonyl (C=O) groups excluding carboxylic acids is 2. The molecule has 142 valence electrons. The smallest absolute Gasteiger partial charge is 0.257 e. The van der Waals surface area contributed by atoms with Crippen molar-refractivity contribution in [3.05, 3.63) is 59.4 Å². The van der Waals surface area contributed by atoms with Crippen molar-refractivity contribution in [2.45, 2.75) is 38.6 Å². The van der Waals surface area contributed by atoms with Gasteiger partial charge in [-0.3, -0.25) is 14.6 Å². The average Bonchev–Trinajstić information content (AvgIpc) is 2.69. The summed E-state index contributed by atoms with van der Waals surface area (Å²) in [6.45, 7) is 2.74. The Hall–Kier alpha value is -2.83. The number of amides is 2. The quantitative estimate of drug-likeness (QED) is 0.881. The molecule has 1 atom stereocenters. The highest BCUT2D eigenvalue weighted by molar-refractivity contribution is 6.05. The molecule has 3 rings (SSSR count). The first kappa shape index (κ1) is 18.9. The average molecular weight is 373 g/mol. The summed E-state index contributed by atoms with van der Waals surface area (Å²) < 4.78 is 26.7. The van der Waals surface area contributed by atoms with Gasteiger partial charge in [0, 0.05) is 31.0 Å². The molecule has 1 N–H and O–H groups in total. The number of aromatic nitrogens is 1. The van der Waals surface area contributed by atoms with E-state index < -0.39 is 17.5 Å². The van der Waals surface area contributed by atoms with Gasteiger partial charge in [0.15, 0.2) is 0 Å². The Labute approximate surface area is 156 Å². The van der Waals surface area contributed by atoms with E-state index >= 15 is 0 Å². The van der Waals surface area contributed by atoms with Crippen LogP contribution in [0.25, 0.3) is 0 Å². The highest BCUT2D eigenvalue weighted by atomic mass is 19.1. The highest BCUT2D eigenvalue weighted by Crippen LogP contribution is 2.22. The normalized spacial score (nSPS) is 16.9. The first-order chi connectivity index (χ1) is 13.0. The molecule has 2 amide bonds. The number of likely N-dealkylation sites (tertiary alicyclic amines) is 1. The van der Waals surface area contributed by atoms with Gasteiger partial charge in [-0.1, -0.05) is 6.92 Å². The van der Waals surface area contributed by atoms with Crippen LogP contribution in [0, 0.1) is 11.6 Å². The highest BCUT2D eigenvalue weighted by Gasteiger charge is 2.26. The summed E-state index contributed by atoms with van der Waals surface area (Å²) >= 11 is 0.